The fourth-order valence-corrected chi connectivity index (χ4v) is 1.68. The van der Waals surface area contributed by atoms with Gasteiger partial charge in [-0.2, -0.15) is 0 Å². The number of likely N-dealkylation sites (tertiary alicyclic amines) is 1. The zero-order valence-corrected chi connectivity index (χ0v) is 8.10. The lowest BCUT2D eigenvalue weighted by molar-refractivity contribution is -0.149. The lowest BCUT2D eigenvalue weighted by Gasteiger charge is -2.36. The first kappa shape index (κ1) is 10.5. The van der Waals surface area contributed by atoms with Crippen LogP contribution < -0.4 is 0 Å². The molecule has 0 aliphatic carbocycles. The van der Waals surface area contributed by atoms with Crippen LogP contribution in [0.25, 0.3) is 0 Å². The van der Waals surface area contributed by atoms with Crippen molar-refractivity contribution in [1.29, 1.82) is 0 Å². The molecule has 0 unspecified atom stereocenters. The normalized spacial score (nSPS) is 30.8. The van der Waals surface area contributed by atoms with Crippen molar-refractivity contribution in [3.8, 4) is 0 Å². The minimum absolute atomic E-state index is 0.356. The number of rotatable bonds is 2. The van der Waals surface area contributed by atoms with E-state index in [0.29, 0.717) is 19.0 Å². The molecule has 0 aromatic carbocycles. The number of nitrogens with zero attached hydrogens (tertiary/aromatic N) is 1. The van der Waals surface area contributed by atoms with E-state index in [1.807, 2.05) is 13.8 Å². The zero-order valence-electron chi connectivity index (χ0n) is 8.10. The Balaban J connectivity index is 2.58. The molecule has 0 amide bonds. The van der Waals surface area contributed by atoms with Crippen LogP contribution in [0.5, 0.6) is 0 Å². The van der Waals surface area contributed by atoms with E-state index in [1.165, 1.54) is 0 Å². The maximum Gasteiger partial charge on any atom is 0.310 e. The molecule has 1 aliphatic heterocycles. The fourth-order valence-electron chi connectivity index (χ4n) is 1.68. The molecule has 1 rings (SSSR count). The first-order chi connectivity index (χ1) is 6.02. The molecule has 0 radical (unpaired) electrons. The second-order valence-electron chi connectivity index (χ2n) is 3.89. The molecule has 4 heteroatoms. The number of hydrogen-bond acceptors (Lipinski definition) is 3. The molecule has 13 heavy (non-hydrogen) atoms. The van der Waals surface area contributed by atoms with Gasteiger partial charge in [-0.1, -0.05) is 0 Å². The van der Waals surface area contributed by atoms with Crippen molar-refractivity contribution in [2.45, 2.75) is 32.4 Å². The fraction of sp³-hybridized carbons (Fsp3) is 0.889. The number of aliphatic carboxylic acids is 1. The van der Waals surface area contributed by atoms with Crippen LogP contribution >= 0.6 is 0 Å². The first-order valence-corrected chi connectivity index (χ1v) is 4.67. The molecular formula is C9H17NO3. The predicted octanol–water partition coefficient (Wildman–Crippen LogP) is 0.162. The van der Waals surface area contributed by atoms with Gasteiger partial charge in [0, 0.05) is 19.1 Å². The lowest BCUT2D eigenvalue weighted by Crippen LogP contribution is -2.48. The van der Waals surface area contributed by atoms with Crippen molar-refractivity contribution in [3.05, 3.63) is 0 Å². The van der Waals surface area contributed by atoms with Crippen molar-refractivity contribution in [2.75, 3.05) is 13.1 Å². The minimum atomic E-state index is -0.891. The molecule has 2 atom stereocenters. The second-order valence-corrected chi connectivity index (χ2v) is 3.89. The van der Waals surface area contributed by atoms with Gasteiger partial charge < -0.3 is 10.2 Å². The standard InChI is InChI=1S/C9H17NO3/c1-6(2)10-4-3-8(11)7(5-10)9(12)13/h6-8,11H,3-5H2,1-2H3,(H,12,13)/t7-,8+/m1/s1. The van der Waals surface area contributed by atoms with Gasteiger partial charge in [-0.15, -0.1) is 0 Å². The van der Waals surface area contributed by atoms with Gasteiger partial charge in [-0.05, 0) is 20.3 Å². The van der Waals surface area contributed by atoms with E-state index in [0.717, 1.165) is 6.54 Å². The smallest absolute Gasteiger partial charge is 0.310 e. The Hall–Kier alpha value is -0.610. The Labute approximate surface area is 78.2 Å². The van der Waals surface area contributed by atoms with Gasteiger partial charge in [0.05, 0.1) is 12.0 Å². The van der Waals surface area contributed by atoms with Crippen molar-refractivity contribution in [2.24, 2.45) is 5.92 Å². The molecule has 0 saturated carbocycles. The number of aliphatic hydroxyl groups is 1. The van der Waals surface area contributed by atoms with Crippen LogP contribution in [0.2, 0.25) is 0 Å². The summed E-state index contributed by atoms with van der Waals surface area (Å²) in [5.41, 5.74) is 0. The van der Waals surface area contributed by atoms with E-state index in [2.05, 4.69) is 4.90 Å². The summed E-state index contributed by atoms with van der Waals surface area (Å²) in [7, 11) is 0. The number of carbonyl (C=O) groups is 1. The highest BCUT2D eigenvalue weighted by Crippen LogP contribution is 2.19. The summed E-state index contributed by atoms with van der Waals surface area (Å²) in [5.74, 6) is -1.51. The minimum Gasteiger partial charge on any atom is -0.481 e. The van der Waals surface area contributed by atoms with Crippen LogP contribution in [0.3, 0.4) is 0 Å². The molecule has 2 N–H and O–H groups in total. The lowest BCUT2D eigenvalue weighted by atomic mass is 9.94. The van der Waals surface area contributed by atoms with Crippen LogP contribution in [0, 0.1) is 5.92 Å². The van der Waals surface area contributed by atoms with Crippen LogP contribution in [0.15, 0.2) is 0 Å². The Morgan fingerprint density at radius 1 is 1.54 bits per heavy atom. The summed E-state index contributed by atoms with van der Waals surface area (Å²) in [6.07, 6.45) is -0.109. The summed E-state index contributed by atoms with van der Waals surface area (Å²) < 4.78 is 0. The Morgan fingerprint density at radius 2 is 2.15 bits per heavy atom. The van der Waals surface area contributed by atoms with Crippen LogP contribution in [0.1, 0.15) is 20.3 Å². The Kier molecular flexibility index (Phi) is 3.27. The zero-order chi connectivity index (χ0) is 10.0. The topological polar surface area (TPSA) is 60.8 Å². The van der Waals surface area contributed by atoms with Crippen molar-refractivity contribution in [3.63, 3.8) is 0 Å². The SMILES string of the molecule is CC(C)N1CC[C@H](O)[C@H](C(=O)O)C1. The summed E-state index contributed by atoms with van der Waals surface area (Å²) in [5, 5.41) is 18.3. The highest BCUT2D eigenvalue weighted by atomic mass is 16.4. The van der Waals surface area contributed by atoms with E-state index in [1.54, 1.807) is 0 Å². The van der Waals surface area contributed by atoms with Gasteiger partial charge >= 0.3 is 5.97 Å². The quantitative estimate of drug-likeness (QED) is 0.646. The van der Waals surface area contributed by atoms with E-state index < -0.39 is 18.0 Å². The average Bonchev–Trinajstić information content (AvgIpc) is 2.04. The highest BCUT2D eigenvalue weighted by molar-refractivity contribution is 5.71. The van der Waals surface area contributed by atoms with Gasteiger partial charge in [0.1, 0.15) is 0 Å². The van der Waals surface area contributed by atoms with Gasteiger partial charge in [-0.25, -0.2) is 0 Å². The van der Waals surface area contributed by atoms with Crippen molar-refractivity contribution < 1.29 is 15.0 Å². The maximum atomic E-state index is 10.7. The Bertz CT molecular complexity index is 193. The molecule has 1 heterocycles. The molecule has 76 valence electrons. The van der Waals surface area contributed by atoms with Crippen LogP contribution in [-0.4, -0.2) is 46.3 Å². The number of carboxylic acids is 1. The molecule has 0 spiro atoms. The first-order valence-electron chi connectivity index (χ1n) is 4.67. The number of aliphatic hydroxyl groups excluding tert-OH is 1. The molecule has 1 saturated heterocycles. The molecule has 4 nitrogen and oxygen atoms in total. The molecular weight excluding hydrogens is 170 g/mol. The van der Waals surface area contributed by atoms with Crippen LogP contribution in [-0.2, 0) is 4.79 Å². The van der Waals surface area contributed by atoms with E-state index in [-0.39, 0.29) is 0 Å². The van der Waals surface area contributed by atoms with Gasteiger partial charge in [-0.3, -0.25) is 9.69 Å². The average molecular weight is 187 g/mol. The second kappa shape index (κ2) is 4.07. The third-order valence-corrected chi connectivity index (χ3v) is 2.66. The Morgan fingerprint density at radius 3 is 2.62 bits per heavy atom. The largest absolute Gasteiger partial charge is 0.481 e. The summed E-state index contributed by atoms with van der Waals surface area (Å²) in [4.78, 5) is 12.8. The van der Waals surface area contributed by atoms with Gasteiger partial charge in [0.15, 0.2) is 0 Å². The highest BCUT2D eigenvalue weighted by Gasteiger charge is 2.33. The molecule has 0 aromatic rings. The van der Waals surface area contributed by atoms with Crippen molar-refractivity contribution >= 4 is 5.97 Å². The summed E-state index contributed by atoms with van der Waals surface area (Å²) >= 11 is 0. The number of hydrogen-bond donors (Lipinski definition) is 2. The third kappa shape index (κ3) is 2.42. The van der Waals surface area contributed by atoms with Gasteiger partial charge in [0.2, 0.25) is 0 Å². The number of carboxylic acid groups (broad SMARTS) is 1. The predicted molar refractivity (Wildman–Crippen MR) is 48.5 cm³/mol. The van der Waals surface area contributed by atoms with Crippen LogP contribution in [0.4, 0.5) is 0 Å². The van der Waals surface area contributed by atoms with Crippen molar-refractivity contribution in [1.82, 2.24) is 4.90 Å². The summed E-state index contributed by atoms with van der Waals surface area (Å²) in [6.45, 7) is 5.34. The maximum absolute atomic E-state index is 10.7. The third-order valence-electron chi connectivity index (χ3n) is 2.66. The van der Waals surface area contributed by atoms with E-state index in [9.17, 15) is 9.90 Å². The van der Waals surface area contributed by atoms with E-state index in [4.69, 9.17) is 5.11 Å². The molecule has 0 aromatic heterocycles. The molecule has 1 fully saturated rings. The van der Waals surface area contributed by atoms with E-state index >= 15 is 0 Å². The summed E-state index contributed by atoms with van der Waals surface area (Å²) in [6, 6.07) is 0.356. The number of piperidine rings is 1. The monoisotopic (exact) mass is 187 g/mol. The van der Waals surface area contributed by atoms with Gasteiger partial charge in [0.25, 0.3) is 0 Å². The molecule has 1 aliphatic rings. The molecule has 0 bridgehead atoms.